The molecular weight excluding hydrogens is 355 g/mol. The predicted octanol–water partition coefficient (Wildman–Crippen LogP) is 3.83. The number of carbonyl (C=O) groups is 1. The quantitative estimate of drug-likeness (QED) is 0.734. The topological polar surface area (TPSA) is 84.3 Å². The lowest BCUT2D eigenvalue weighted by Gasteiger charge is -2.16. The van der Waals surface area contributed by atoms with E-state index in [-0.39, 0.29) is 0 Å². The second-order valence-corrected chi connectivity index (χ2v) is 5.86. The summed E-state index contributed by atoms with van der Waals surface area (Å²) in [5.74, 6) is -0.654. The van der Waals surface area contributed by atoms with Crippen LogP contribution in [0.1, 0.15) is 6.92 Å². The van der Waals surface area contributed by atoms with E-state index in [0.29, 0.717) is 32.6 Å². The lowest BCUT2D eigenvalue weighted by molar-refractivity contribution is -0.122. The van der Waals surface area contributed by atoms with E-state index in [1.165, 1.54) is 6.07 Å². The van der Waals surface area contributed by atoms with Crippen molar-refractivity contribution >= 4 is 45.9 Å². The molecule has 0 bridgehead atoms. The number of carbonyl (C=O) groups excluding carboxylic acids is 1. The average Bonchev–Trinajstić information content (AvgIpc) is 2.91. The molecule has 24 heavy (non-hydrogen) atoms. The van der Waals surface area contributed by atoms with Gasteiger partial charge in [-0.05, 0) is 37.3 Å². The molecular formula is C16H12Cl2N2O4. The van der Waals surface area contributed by atoms with E-state index in [1.54, 1.807) is 37.3 Å². The lowest BCUT2D eigenvalue weighted by Crippen LogP contribution is -2.30. The molecule has 0 saturated heterocycles. The van der Waals surface area contributed by atoms with Crippen LogP contribution in [0.15, 0.2) is 45.6 Å². The number of benzene rings is 2. The summed E-state index contributed by atoms with van der Waals surface area (Å²) in [6, 6.07) is 9.66. The van der Waals surface area contributed by atoms with Gasteiger partial charge < -0.3 is 14.5 Å². The van der Waals surface area contributed by atoms with Gasteiger partial charge in [0.25, 0.3) is 5.91 Å². The highest BCUT2D eigenvalue weighted by atomic mass is 35.5. The number of amides is 1. The van der Waals surface area contributed by atoms with E-state index < -0.39 is 17.8 Å². The van der Waals surface area contributed by atoms with Crippen molar-refractivity contribution in [1.82, 2.24) is 4.98 Å². The number of hydrogen-bond donors (Lipinski definition) is 2. The number of fused-ring (bicyclic) bond motifs is 1. The van der Waals surface area contributed by atoms with E-state index in [4.69, 9.17) is 32.4 Å². The zero-order valence-electron chi connectivity index (χ0n) is 12.4. The average molecular weight is 367 g/mol. The molecule has 0 radical (unpaired) electrons. The first-order valence-electron chi connectivity index (χ1n) is 6.98. The van der Waals surface area contributed by atoms with Crippen LogP contribution < -0.4 is 15.8 Å². The van der Waals surface area contributed by atoms with Crippen molar-refractivity contribution in [2.75, 3.05) is 5.32 Å². The molecule has 1 heterocycles. The maximum Gasteiger partial charge on any atom is 0.417 e. The number of nitrogens with one attached hydrogen (secondary N) is 2. The van der Waals surface area contributed by atoms with Gasteiger partial charge in [0, 0.05) is 5.02 Å². The minimum atomic E-state index is -0.822. The molecule has 0 saturated carbocycles. The molecule has 0 aliphatic carbocycles. The molecule has 1 aromatic heterocycles. The number of aromatic amines is 1. The Morgan fingerprint density at radius 2 is 2.08 bits per heavy atom. The number of hydrogen-bond acceptors (Lipinski definition) is 4. The van der Waals surface area contributed by atoms with Crippen molar-refractivity contribution in [1.29, 1.82) is 0 Å². The third kappa shape index (κ3) is 3.39. The SMILES string of the molecule is CC(Oc1ccc(Cl)cc1Cl)C(=O)Nc1cccc2oc(=O)[nH]c12. The number of para-hydroxylation sites is 1. The molecule has 0 aliphatic rings. The monoisotopic (exact) mass is 366 g/mol. The van der Waals surface area contributed by atoms with E-state index in [1.807, 2.05) is 0 Å². The van der Waals surface area contributed by atoms with E-state index in [9.17, 15) is 9.59 Å². The number of rotatable bonds is 4. The molecule has 1 amide bonds. The Morgan fingerprint density at radius 1 is 1.29 bits per heavy atom. The molecule has 1 unspecified atom stereocenters. The summed E-state index contributed by atoms with van der Waals surface area (Å²) >= 11 is 11.8. The molecule has 0 fully saturated rings. The standard InChI is InChI=1S/C16H12Cl2N2O4/c1-8(23-12-6-5-9(17)7-10(12)18)15(21)19-11-3-2-4-13-14(11)20-16(22)24-13/h2-8H,1H3,(H,19,21)(H,20,22). The van der Waals surface area contributed by atoms with E-state index >= 15 is 0 Å². The summed E-state index contributed by atoms with van der Waals surface area (Å²) in [5.41, 5.74) is 1.18. The van der Waals surface area contributed by atoms with Crippen molar-refractivity contribution in [3.05, 3.63) is 57.0 Å². The Kier molecular flexibility index (Phi) is 4.51. The molecule has 6 nitrogen and oxygen atoms in total. The van der Waals surface area contributed by atoms with Crippen LogP contribution in [0, 0.1) is 0 Å². The Hall–Kier alpha value is -2.44. The summed E-state index contributed by atoms with van der Waals surface area (Å²) in [4.78, 5) is 26.1. The van der Waals surface area contributed by atoms with Crippen LogP contribution in [0.2, 0.25) is 10.0 Å². The zero-order valence-corrected chi connectivity index (χ0v) is 13.9. The van der Waals surface area contributed by atoms with Gasteiger partial charge in [0.2, 0.25) is 0 Å². The number of H-pyrrole nitrogens is 1. The second kappa shape index (κ2) is 6.59. The van der Waals surface area contributed by atoms with Gasteiger partial charge in [0.05, 0.1) is 10.7 Å². The minimum absolute atomic E-state index is 0.309. The molecule has 8 heteroatoms. The third-order valence-electron chi connectivity index (χ3n) is 3.28. The lowest BCUT2D eigenvalue weighted by atomic mass is 10.2. The molecule has 1 atom stereocenters. The molecule has 2 aromatic carbocycles. The highest BCUT2D eigenvalue weighted by Gasteiger charge is 2.18. The molecule has 3 rings (SSSR count). The molecule has 0 aliphatic heterocycles. The zero-order chi connectivity index (χ0) is 17.3. The van der Waals surface area contributed by atoms with Crippen molar-refractivity contribution in [2.45, 2.75) is 13.0 Å². The molecule has 3 aromatic rings. The third-order valence-corrected chi connectivity index (χ3v) is 3.81. The van der Waals surface area contributed by atoms with Crippen molar-refractivity contribution in [3.63, 3.8) is 0 Å². The van der Waals surface area contributed by atoms with Gasteiger partial charge in [-0.25, -0.2) is 4.79 Å². The summed E-state index contributed by atoms with van der Waals surface area (Å²) < 4.78 is 10.5. The normalized spacial score (nSPS) is 12.1. The summed E-state index contributed by atoms with van der Waals surface area (Å²) in [6.45, 7) is 1.58. The van der Waals surface area contributed by atoms with Gasteiger partial charge in [-0.1, -0.05) is 29.3 Å². The maximum atomic E-state index is 12.3. The van der Waals surface area contributed by atoms with Crippen LogP contribution in [0.5, 0.6) is 5.75 Å². The van der Waals surface area contributed by atoms with Crippen molar-refractivity contribution < 1.29 is 13.9 Å². The highest BCUT2D eigenvalue weighted by Crippen LogP contribution is 2.28. The van der Waals surface area contributed by atoms with Gasteiger partial charge in [0.15, 0.2) is 11.7 Å². The largest absolute Gasteiger partial charge is 0.479 e. The first kappa shape index (κ1) is 16.4. The first-order valence-corrected chi connectivity index (χ1v) is 7.74. The number of ether oxygens (including phenoxy) is 1. The predicted molar refractivity (Wildman–Crippen MR) is 92.0 cm³/mol. The summed E-state index contributed by atoms with van der Waals surface area (Å²) in [7, 11) is 0. The maximum absolute atomic E-state index is 12.3. The van der Waals surface area contributed by atoms with Crippen molar-refractivity contribution in [2.24, 2.45) is 0 Å². The molecule has 124 valence electrons. The number of oxazole rings is 1. The number of halogens is 2. The van der Waals surface area contributed by atoms with Gasteiger partial charge in [-0.2, -0.15) is 0 Å². The van der Waals surface area contributed by atoms with Gasteiger partial charge in [0.1, 0.15) is 11.3 Å². The minimum Gasteiger partial charge on any atom is -0.479 e. The first-order chi connectivity index (χ1) is 11.4. The Bertz CT molecular complexity index is 964. The Morgan fingerprint density at radius 3 is 2.83 bits per heavy atom. The van der Waals surface area contributed by atoms with Crippen LogP contribution in [0.25, 0.3) is 11.1 Å². The summed E-state index contributed by atoms with van der Waals surface area (Å²) in [6.07, 6.45) is -0.822. The molecule has 2 N–H and O–H groups in total. The van der Waals surface area contributed by atoms with Gasteiger partial charge in [-0.3, -0.25) is 9.78 Å². The fraction of sp³-hybridized carbons (Fsp3) is 0.125. The van der Waals surface area contributed by atoms with Crippen LogP contribution in [0.3, 0.4) is 0 Å². The Labute approximate surface area is 146 Å². The van der Waals surface area contributed by atoms with Crippen LogP contribution in [-0.2, 0) is 4.79 Å². The van der Waals surface area contributed by atoms with E-state index in [0.717, 1.165) is 0 Å². The smallest absolute Gasteiger partial charge is 0.417 e. The van der Waals surface area contributed by atoms with Crippen molar-refractivity contribution in [3.8, 4) is 5.75 Å². The summed E-state index contributed by atoms with van der Waals surface area (Å²) in [5, 5.41) is 3.47. The van der Waals surface area contributed by atoms with E-state index in [2.05, 4.69) is 10.3 Å². The molecule has 0 spiro atoms. The fourth-order valence-corrected chi connectivity index (χ4v) is 2.58. The number of aromatic nitrogens is 1. The second-order valence-electron chi connectivity index (χ2n) is 5.02. The van der Waals surface area contributed by atoms with Crippen LogP contribution in [-0.4, -0.2) is 17.0 Å². The van der Waals surface area contributed by atoms with Crippen LogP contribution in [0.4, 0.5) is 5.69 Å². The van der Waals surface area contributed by atoms with Gasteiger partial charge in [-0.15, -0.1) is 0 Å². The fourth-order valence-electron chi connectivity index (χ4n) is 2.13. The highest BCUT2D eigenvalue weighted by molar-refractivity contribution is 6.35. The number of anilines is 1. The van der Waals surface area contributed by atoms with Gasteiger partial charge >= 0.3 is 5.76 Å². The Balaban J connectivity index is 1.77. The van der Waals surface area contributed by atoms with Crippen LogP contribution >= 0.6 is 23.2 Å².